The molecule has 1 amide bonds. The number of hydrogen-bond donors (Lipinski definition) is 2. The smallest absolute Gasteiger partial charge is 0.271 e. The van der Waals surface area contributed by atoms with E-state index in [0.29, 0.717) is 34.9 Å². The fourth-order valence-electron chi connectivity index (χ4n) is 2.54. The minimum absolute atomic E-state index is 0.328. The average molecular weight is 375 g/mol. The van der Waals surface area contributed by atoms with Crippen molar-refractivity contribution in [1.82, 2.24) is 5.43 Å². The number of hydrazone groups is 1. The second-order valence-corrected chi connectivity index (χ2v) is 5.97. The summed E-state index contributed by atoms with van der Waals surface area (Å²) in [7, 11) is 1.58. The van der Waals surface area contributed by atoms with Gasteiger partial charge in [-0.3, -0.25) is 4.79 Å². The molecule has 6 heteroatoms. The minimum atomic E-state index is -0.328. The van der Waals surface area contributed by atoms with Gasteiger partial charge >= 0.3 is 0 Å². The number of nitrogens with two attached hydrogens (primary N) is 1. The summed E-state index contributed by atoms with van der Waals surface area (Å²) in [5, 5.41) is 4.04. The molecule has 0 radical (unpaired) electrons. The molecule has 0 aliphatic heterocycles. The highest BCUT2D eigenvalue weighted by molar-refractivity contribution is 5.95. The molecular formula is C22H21N3O3. The molecule has 0 heterocycles. The van der Waals surface area contributed by atoms with Gasteiger partial charge in [0, 0.05) is 16.8 Å². The van der Waals surface area contributed by atoms with E-state index in [-0.39, 0.29) is 5.91 Å². The van der Waals surface area contributed by atoms with Gasteiger partial charge in [-0.05, 0) is 42.0 Å². The van der Waals surface area contributed by atoms with E-state index in [4.69, 9.17) is 15.2 Å². The lowest BCUT2D eigenvalue weighted by molar-refractivity contribution is 0.0955. The molecule has 3 aromatic carbocycles. The number of rotatable bonds is 7. The van der Waals surface area contributed by atoms with Gasteiger partial charge < -0.3 is 15.2 Å². The van der Waals surface area contributed by atoms with Crippen LogP contribution in [0.15, 0.2) is 77.9 Å². The van der Waals surface area contributed by atoms with Crippen molar-refractivity contribution in [3.63, 3.8) is 0 Å². The normalized spacial score (nSPS) is 10.6. The van der Waals surface area contributed by atoms with Crippen LogP contribution in [-0.4, -0.2) is 19.2 Å². The first-order valence-electron chi connectivity index (χ1n) is 8.70. The Morgan fingerprint density at radius 1 is 1.04 bits per heavy atom. The van der Waals surface area contributed by atoms with Crippen molar-refractivity contribution in [2.45, 2.75) is 6.61 Å². The zero-order valence-corrected chi connectivity index (χ0v) is 15.5. The molecule has 142 valence electrons. The average Bonchev–Trinajstić information content (AvgIpc) is 2.73. The van der Waals surface area contributed by atoms with E-state index in [0.717, 1.165) is 5.56 Å². The fourth-order valence-corrected chi connectivity index (χ4v) is 2.54. The van der Waals surface area contributed by atoms with Crippen LogP contribution in [-0.2, 0) is 6.61 Å². The van der Waals surface area contributed by atoms with Gasteiger partial charge in [-0.25, -0.2) is 5.43 Å². The van der Waals surface area contributed by atoms with E-state index in [1.807, 2.05) is 48.5 Å². The Morgan fingerprint density at radius 2 is 1.79 bits per heavy atom. The number of methoxy groups -OCH3 is 1. The summed E-state index contributed by atoms with van der Waals surface area (Å²) < 4.78 is 11.4. The number of amides is 1. The first-order valence-corrected chi connectivity index (χ1v) is 8.70. The molecule has 0 spiro atoms. The molecule has 0 aromatic heterocycles. The van der Waals surface area contributed by atoms with Gasteiger partial charge in [0.25, 0.3) is 5.91 Å². The highest BCUT2D eigenvalue weighted by Crippen LogP contribution is 2.30. The van der Waals surface area contributed by atoms with Gasteiger partial charge in [-0.2, -0.15) is 5.10 Å². The Kier molecular flexibility index (Phi) is 6.25. The third-order valence-corrected chi connectivity index (χ3v) is 4.00. The standard InChI is InChI=1S/C22H21N3O3/c1-27-20-9-5-8-18(21(20)28-15-16-6-3-2-4-7-16)14-24-25-22(26)17-10-12-19(23)13-11-17/h2-14H,15,23H2,1H3,(H,25,26)/b24-14-. The van der Waals surface area contributed by atoms with Gasteiger partial charge in [0.15, 0.2) is 11.5 Å². The zero-order chi connectivity index (χ0) is 19.8. The van der Waals surface area contributed by atoms with Crippen molar-refractivity contribution in [3.05, 3.63) is 89.5 Å². The maximum Gasteiger partial charge on any atom is 0.271 e. The number of carbonyl (C=O) groups is 1. The Labute approximate surface area is 163 Å². The van der Waals surface area contributed by atoms with E-state index < -0.39 is 0 Å². The van der Waals surface area contributed by atoms with Crippen LogP contribution in [0.4, 0.5) is 5.69 Å². The van der Waals surface area contributed by atoms with Crippen LogP contribution in [0.5, 0.6) is 11.5 Å². The van der Waals surface area contributed by atoms with Crippen molar-refractivity contribution < 1.29 is 14.3 Å². The molecule has 0 aliphatic rings. The van der Waals surface area contributed by atoms with Gasteiger partial charge in [0.05, 0.1) is 13.3 Å². The molecule has 0 unspecified atom stereocenters. The van der Waals surface area contributed by atoms with E-state index in [1.165, 1.54) is 6.21 Å². The number of para-hydroxylation sites is 1. The first kappa shape index (κ1) is 19.0. The monoisotopic (exact) mass is 375 g/mol. The number of benzene rings is 3. The second kappa shape index (κ2) is 9.23. The highest BCUT2D eigenvalue weighted by atomic mass is 16.5. The molecule has 0 saturated heterocycles. The van der Waals surface area contributed by atoms with Crippen LogP contribution < -0.4 is 20.6 Å². The molecule has 3 aromatic rings. The Balaban J connectivity index is 1.72. The van der Waals surface area contributed by atoms with Crippen LogP contribution in [0.3, 0.4) is 0 Å². The van der Waals surface area contributed by atoms with Crippen LogP contribution in [0, 0.1) is 0 Å². The molecule has 6 nitrogen and oxygen atoms in total. The lowest BCUT2D eigenvalue weighted by Crippen LogP contribution is -2.17. The Hall–Kier alpha value is -3.80. The van der Waals surface area contributed by atoms with Crippen molar-refractivity contribution in [2.75, 3.05) is 12.8 Å². The number of carbonyl (C=O) groups excluding carboxylic acids is 1. The molecular weight excluding hydrogens is 354 g/mol. The van der Waals surface area contributed by atoms with E-state index in [9.17, 15) is 4.79 Å². The molecule has 0 aliphatic carbocycles. The van der Waals surface area contributed by atoms with Crippen LogP contribution in [0.2, 0.25) is 0 Å². The minimum Gasteiger partial charge on any atom is -0.493 e. The lowest BCUT2D eigenvalue weighted by atomic mass is 10.2. The molecule has 0 fully saturated rings. The van der Waals surface area contributed by atoms with Crippen LogP contribution >= 0.6 is 0 Å². The Bertz CT molecular complexity index is 955. The molecule has 28 heavy (non-hydrogen) atoms. The Morgan fingerprint density at radius 3 is 2.50 bits per heavy atom. The quantitative estimate of drug-likeness (QED) is 0.375. The molecule has 0 atom stereocenters. The summed E-state index contributed by atoms with van der Waals surface area (Å²) in [5.41, 5.74) is 10.9. The summed E-state index contributed by atoms with van der Waals surface area (Å²) in [6.45, 7) is 0.389. The van der Waals surface area contributed by atoms with Crippen molar-refractivity contribution in [2.24, 2.45) is 5.10 Å². The summed E-state index contributed by atoms with van der Waals surface area (Å²) in [6.07, 6.45) is 1.53. The lowest BCUT2D eigenvalue weighted by Gasteiger charge is -2.13. The predicted octanol–water partition coefficient (Wildman–Crippen LogP) is 3.62. The summed E-state index contributed by atoms with van der Waals surface area (Å²) in [6, 6.07) is 21.9. The van der Waals surface area contributed by atoms with Gasteiger partial charge in [-0.15, -0.1) is 0 Å². The molecule has 3 N–H and O–H groups in total. The predicted molar refractivity (Wildman–Crippen MR) is 110 cm³/mol. The fraction of sp³-hybridized carbons (Fsp3) is 0.0909. The van der Waals surface area contributed by atoms with E-state index in [2.05, 4.69) is 10.5 Å². The molecule has 3 rings (SSSR count). The summed E-state index contributed by atoms with van der Waals surface area (Å²) >= 11 is 0. The van der Waals surface area contributed by atoms with Crippen molar-refractivity contribution in [3.8, 4) is 11.5 Å². The SMILES string of the molecule is COc1cccc(/C=N\NC(=O)c2ccc(N)cc2)c1OCc1ccccc1. The van der Waals surface area contributed by atoms with Crippen LogP contribution in [0.25, 0.3) is 0 Å². The topological polar surface area (TPSA) is 85.9 Å². The first-order chi connectivity index (χ1) is 13.7. The number of anilines is 1. The maximum atomic E-state index is 12.1. The zero-order valence-electron chi connectivity index (χ0n) is 15.5. The third-order valence-electron chi connectivity index (χ3n) is 4.00. The third kappa shape index (κ3) is 4.88. The maximum absolute atomic E-state index is 12.1. The van der Waals surface area contributed by atoms with Gasteiger partial charge in [0.1, 0.15) is 6.61 Å². The number of nitrogen functional groups attached to an aromatic ring is 1. The van der Waals surface area contributed by atoms with E-state index >= 15 is 0 Å². The van der Waals surface area contributed by atoms with Crippen LogP contribution in [0.1, 0.15) is 21.5 Å². The number of nitrogens with one attached hydrogen (secondary N) is 1. The van der Waals surface area contributed by atoms with Crippen molar-refractivity contribution in [1.29, 1.82) is 0 Å². The molecule has 0 bridgehead atoms. The van der Waals surface area contributed by atoms with Gasteiger partial charge in [0.2, 0.25) is 0 Å². The largest absolute Gasteiger partial charge is 0.493 e. The summed E-state index contributed by atoms with van der Waals surface area (Å²) in [4.78, 5) is 12.1. The second-order valence-electron chi connectivity index (χ2n) is 5.97. The van der Waals surface area contributed by atoms with Crippen molar-refractivity contribution >= 4 is 17.8 Å². The molecule has 0 saturated carbocycles. The number of hydrogen-bond acceptors (Lipinski definition) is 5. The number of ether oxygens (including phenoxy) is 2. The highest BCUT2D eigenvalue weighted by Gasteiger charge is 2.10. The summed E-state index contributed by atoms with van der Waals surface area (Å²) in [5.74, 6) is 0.815. The number of nitrogens with zero attached hydrogens (tertiary/aromatic N) is 1. The van der Waals surface area contributed by atoms with E-state index in [1.54, 1.807) is 31.4 Å². The van der Waals surface area contributed by atoms with Gasteiger partial charge in [-0.1, -0.05) is 36.4 Å².